The normalized spacial score (nSPS) is 16.5. The summed E-state index contributed by atoms with van der Waals surface area (Å²) in [6, 6.07) is 19.6. The molecule has 1 heterocycles. The molecule has 1 aliphatic carbocycles. The highest BCUT2D eigenvalue weighted by Gasteiger charge is 2.39. The Morgan fingerprint density at radius 2 is 1.86 bits per heavy atom. The molecule has 5 rings (SSSR count). The number of anilines is 2. The summed E-state index contributed by atoms with van der Waals surface area (Å²) < 4.78 is 43.8. The molecule has 192 valence electrons. The summed E-state index contributed by atoms with van der Waals surface area (Å²) in [6.45, 7) is 4.42. The van der Waals surface area contributed by atoms with E-state index in [4.69, 9.17) is 10.1 Å². The molecule has 1 aliphatic rings. The third-order valence-electron chi connectivity index (χ3n) is 6.79. The van der Waals surface area contributed by atoms with Gasteiger partial charge >= 0.3 is 12.3 Å². The summed E-state index contributed by atoms with van der Waals surface area (Å²) >= 11 is 0. The Balaban J connectivity index is 1.56. The Morgan fingerprint density at radius 1 is 1.14 bits per heavy atom. The van der Waals surface area contributed by atoms with Crippen molar-refractivity contribution in [2.24, 2.45) is 0 Å². The minimum absolute atomic E-state index is 0.0172. The van der Waals surface area contributed by atoms with E-state index in [1.54, 1.807) is 0 Å². The average molecular weight is 510 g/mol. The Hall–Kier alpha value is -4.01. The van der Waals surface area contributed by atoms with Crippen LogP contribution < -0.4 is 10.1 Å². The lowest BCUT2D eigenvalue weighted by molar-refractivity contribution is -0.274. The zero-order chi connectivity index (χ0) is 26.4. The summed E-state index contributed by atoms with van der Waals surface area (Å²) in [5.41, 5.74) is 5.42. The molecular weight excluding hydrogens is 483 g/mol. The number of alkyl halides is 3. The first-order valence-corrected chi connectivity index (χ1v) is 11.9. The van der Waals surface area contributed by atoms with Crippen LogP contribution in [-0.4, -0.2) is 27.0 Å². The summed E-state index contributed by atoms with van der Waals surface area (Å²) in [7, 11) is 0. The van der Waals surface area contributed by atoms with Crippen molar-refractivity contribution in [3.05, 3.63) is 83.4 Å². The van der Waals surface area contributed by atoms with Gasteiger partial charge in [0.1, 0.15) is 5.75 Å². The minimum Gasteiger partial charge on any atom is -0.481 e. The molecule has 2 N–H and O–H groups in total. The van der Waals surface area contributed by atoms with Gasteiger partial charge in [0.2, 0.25) is 5.95 Å². The predicted octanol–water partition coefficient (Wildman–Crippen LogP) is 6.97. The van der Waals surface area contributed by atoms with Gasteiger partial charge in [-0.3, -0.25) is 4.79 Å². The second kappa shape index (κ2) is 9.14. The number of carboxylic acids is 1. The lowest BCUT2D eigenvalue weighted by Gasteiger charge is -2.21. The monoisotopic (exact) mass is 509 g/mol. The molecule has 0 radical (unpaired) electrons. The number of rotatable bonds is 7. The maximum atomic E-state index is 12.6. The number of aryl methyl sites for hydroxylation is 1. The smallest absolute Gasteiger partial charge is 0.481 e. The molecule has 1 unspecified atom stereocenters. The second-order valence-corrected chi connectivity index (χ2v) is 9.91. The van der Waals surface area contributed by atoms with Gasteiger partial charge in [-0.2, -0.15) is 0 Å². The highest BCUT2D eigenvalue weighted by molar-refractivity contribution is 5.81. The highest BCUT2D eigenvalue weighted by Crippen LogP contribution is 2.48. The van der Waals surface area contributed by atoms with Gasteiger partial charge in [-0.15, -0.1) is 13.2 Å². The van der Waals surface area contributed by atoms with Gasteiger partial charge in [0.15, 0.2) is 0 Å². The standard InChI is InChI=1S/C28H26F3N3O3/c1-27(2)16-24(20-5-3-4-6-21(20)27)34-23-13-7-17(8-14-25(35)36)15-22(23)33-26(34)32-18-9-11-19(12-10-18)37-28(29,30)31/h3-7,9-13,15,24H,8,14,16H2,1-2H3,(H,32,33)(H,35,36). The van der Waals surface area contributed by atoms with Crippen LogP contribution >= 0.6 is 0 Å². The molecule has 0 fully saturated rings. The number of aromatic nitrogens is 2. The van der Waals surface area contributed by atoms with Crippen LogP contribution in [0.1, 0.15) is 49.4 Å². The average Bonchev–Trinajstić information content (AvgIpc) is 3.31. The van der Waals surface area contributed by atoms with Crippen molar-refractivity contribution in [2.45, 2.75) is 50.9 Å². The van der Waals surface area contributed by atoms with Crippen LogP contribution in [0.15, 0.2) is 66.7 Å². The van der Waals surface area contributed by atoms with E-state index in [-0.39, 0.29) is 23.6 Å². The van der Waals surface area contributed by atoms with E-state index in [1.165, 1.54) is 35.4 Å². The van der Waals surface area contributed by atoms with Gasteiger partial charge in [-0.1, -0.05) is 44.2 Å². The SMILES string of the molecule is CC1(C)CC(n2c(Nc3ccc(OC(F)(F)F)cc3)nc3cc(CCC(=O)O)ccc32)c2ccccc21. The summed E-state index contributed by atoms with van der Waals surface area (Å²) in [6.07, 6.45) is -3.51. The van der Waals surface area contributed by atoms with Gasteiger partial charge in [-0.05, 0) is 71.3 Å². The van der Waals surface area contributed by atoms with Gasteiger partial charge in [-0.25, -0.2) is 4.98 Å². The number of benzene rings is 3. The Morgan fingerprint density at radius 3 is 2.57 bits per heavy atom. The Labute approximate surface area is 211 Å². The fourth-order valence-electron chi connectivity index (χ4n) is 5.16. The number of halogens is 3. The number of hydrogen-bond donors (Lipinski definition) is 2. The third-order valence-corrected chi connectivity index (χ3v) is 6.79. The number of nitrogens with zero attached hydrogens (tertiary/aromatic N) is 2. The molecule has 37 heavy (non-hydrogen) atoms. The van der Waals surface area contributed by atoms with Crippen molar-refractivity contribution in [3.8, 4) is 5.75 Å². The highest BCUT2D eigenvalue weighted by atomic mass is 19.4. The minimum atomic E-state index is -4.76. The molecule has 4 aromatic rings. The van der Waals surface area contributed by atoms with Gasteiger partial charge < -0.3 is 19.7 Å². The molecule has 6 nitrogen and oxygen atoms in total. The quantitative estimate of drug-likeness (QED) is 0.282. The number of ether oxygens (including phenoxy) is 1. The maximum absolute atomic E-state index is 12.6. The third kappa shape index (κ3) is 5.12. The number of nitrogens with one attached hydrogen (secondary N) is 1. The summed E-state index contributed by atoms with van der Waals surface area (Å²) in [4.78, 5) is 15.9. The van der Waals surface area contributed by atoms with E-state index in [1.807, 2.05) is 30.3 Å². The number of carbonyl (C=O) groups is 1. The van der Waals surface area contributed by atoms with Crippen LogP contribution in [0, 0.1) is 0 Å². The largest absolute Gasteiger partial charge is 0.573 e. The number of aliphatic carboxylic acids is 1. The first kappa shape index (κ1) is 24.7. The van der Waals surface area contributed by atoms with Gasteiger partial charge in [0.25, 0.3) is 0 Å². The van der Waals surface area contributed by atoms with E-state index in [2.05, 4.69) is 40.6 Å². The van der Waals surface area contributed by atoms with Crippen molar-refractivity contribution in [3.63, 3.8) is 0 Å². The Kier molecular flexibility index (Phi) is 6.09. The fraction of sp³-hybridized carbons (Fsp3) is 0.286. The van der Waals surface area contributed by atoms with Gasteiger partial charge in [0.05, 0.1) is 17.1 Å². The van der Waals surface area contributed by atoms with E-state index >= 15 is 0 Å². The van der Waals surface area contributed by atoms with Crippen LogP contribution in [0.3, 0.4) is 0 Å². The number of fused-ring (bicyclic) bond motifs is 2. The summed E-state index contributed by atoms with van der Waals surface area (Å²) in [5.74, 6) is -0.621. The zero-order valence-electron chi connectivity index (χ0n) is 20.3. The van der Waals surface area contributed by atoms with E-state index < -0.39 is 12.3 Å². The molecule has 0 spiro atoms. The molecule has 0 aliphatic heterocycles. The maximum Gasteiger partial charge on any atom is 0.573 e. The molecule has 0 bridgehead atoms. The number of carboxylic acid groups (broad SMARTS) is 1. The van der Waals surface area contributed by atoms with Crippen molar-refractivity contribution >= 4 is 28.6 Å². The zero-order valence-corrected chi connectivity index (χ0v) is 20.3. The van der Waals surface area contributed by atoms with Crippen molar-refractivity contribution in [1.82, 2.24) is 9.55 Å². The predicted molar refractivity (Wildman–Crippen MR) is 134 cm³/mol. The molecule has 3 aromatic carbocycles. The first-order valence-electron chi connectivity index (χ1n) is 11.9. The van der Waals surface area contributed by atoms with Crippen LogP contribution in [0.4, 0.5) is 24.8 Å². The lowest BCUT2D eigenvalue weighted by atomic mass is 9.86. The molecular formula is C28H26F3N3O3. The topological polar surface area (TPSA) is 76.4 Å². The molecule has 9 heteroatoms. The van der Waals surface area contributed by atoms with Crippen LogP contribution in [0.5, 0.6) is 5.75 Å². The van der Waals surface area contributed by atoms with Crippen molar-refractivity contribution in [2.75, 3.05) is 5.32 Å². The van der Waals surface area contributed by atoms with Crippen LogP contribution in [0.25, 0.3) is 11.0 Å². The molecule has 1 aromatic heterocycles. The van der Waals surface area contributed by atoms with E-state index in [0.29, 0.717) is 23.6 Å². The Bertz CT molecular complexity index is 1460. The van der Waals surface area contributed by atoms with Gasteiger partial charge in [0, 0.05) is 12.1 Å². The van der Waals surface area contributed by atoms with Crippen molar-refractivity contribution in [1.29, 1.82) is 0 Å². The number of hydrogen-bond acceptors (Lipinski definition) is 4. The molecule has 1 atom stereocenters. The fourth-order valence-corrected chi connectivity index (χ4v) is 5.16. The first-order chi connectivity index (χ1) is 17.5. The van der Waals surface area contributed by atoms with Crippen LogP contribution in [0.2, 0.25) is 0 Å². The lowest BCUT2D eigenvalue weighted by Crippen LogP contribution is -2.17. The van der Waals surface area contributed by atoms with E-state index in [0.717, 1.165) is 17.5 Å². The summed E-state index contributed by atoms with van der Waals surface area (Å²) in [5, 5.41) is 12.3. The van der Waals surface area contributed by atoms with Crippen molar-refractivity contribution < 1.29 is 27.8 Å². The molecule has 0 saturated carbocycles. The van der Waals surface area contributed by atoms with E-state index in [9.17, 15) is 18.0 Å². The van der Waals surface area contributed by atoms with Crippen LogP contribution in [-0.2, 0) is 16.6 Å². The molecule has 0 amide bonds. The molecule has 0 saturated heterocycles. The number of imidazole rings is 1. The second-order valence-electron chi connectivity index (χ2n) is 9.91.